The van der Waals surface area contributed by atoms with Crippen molar-refractivity contribution in [3.8, 4) is 0 Å². The van der Waals surface area contributed by atoms with E-state index in [0.29, 0.717) is 19.2 Å². The summed E-state index contributed by atoms with van der Waals surface area (Å²) in [6.45, 7) is 3.21. The topological polar surface area (TPSA) is 44.4 Å². The molecule has 2 aliphatic rings. The lowest BCUT2D eigenvalue weighted by Crippen LogP contribution is -2.45. The highest BCUT2D eigenvalue weighted by molar-refractivity contribution is 5.81. The fraction of sp³-hybridized carbons (Fsp3) is 0.611. The molecule has 0 aromatic heterocycles. The van der Waals surface area contributed by atoms with Gasteiger partial charge in [0, 0.05) is 31.3 Å². The van der Waals surface area contributed by atoms with Gasteiger partial charge in [-0.2, -0.15) is 0 Å². The van der Waals surface area contributed by atoms with Crippen LogP contribution in [0, 0.1) is 23.4 Å². The highest BCUT2D eigenvalue weighted by Gasteiger charge is 2.25. The van der Waals surface area contributed by atoms with E-state index in [0.717, 1.165) is 44.8 Å². The molecule has 1 aromatic carbocycles. The summed E-state index contributed by atoms with van der Waals surface area (Å²) in [7, 11) is 0. The number of likely N-dealkylation sites (tertiary alicyclic amines) is 1. The van der Waals surface area contributed by atoms with Crippen molar-refractivity contribution >= 4 is 5.91 Å². The third-order valence-corrected chi connectivity index (χ3v) is 5.03. The quantitative estimate of drug-likeness (QED) is 0.796. The molecule has 2 aliphatic heterocycles. The Hall–Kier alpha value is -1.60. The van der Waals surface area contributed by atoms with E-state index in [1.807, 2.05) is 4.90 Å². The number of carbonyl (C=O) groups excluding carboxylic acids is 1. The van der Waals surface area contributed by atoms with Gasteiger partial charge in [0.15, 0.2) is 11.6 Å². The van der Waals surface area contributed by atoms with Crippen molar-refractivity contribution in [2.45, 2.75) is 38.3 Å². The second-order valence-corrected chi connectivity index (χ2v) is 7.00. The van der Waals surface area contributed by atoms with Crippen LogP contribution in [0.1, 0.15) is 31.2 Å². The number of rotatable bonds is 5. The smallest absolute Gasteiger partial charge is 0.237 e. The molecule has 0 spiro atoms. The van der Waals surface area contributed by atoms with Crippen molar-refractivity contribution in [3.05, 3.63) is 35.1 Å². The zero-order chi connectivity index (χ0) is 17.8. The van der Waals surface area contributed by atoms with E-state index >= 15 is 0 Å². The largest absolute Gasteiger partial charge is 0.354 e. The highest BCUT2D eigenvalue weighted by Crippen LogP contribution is 2.21. The molecule has 0 saturated carbocycles. The Kier molecular flexibility index (Phi) is 5.96. The van der Waals surface area contributed by atoms with Crippen LogP contribution in [0.15, 0.2) is 12.1 Å². The lowest BCUT2D eigenvalue weighted by Gasteiger charge is -2.33. The number of amides is 1. The molecular formula is C18H24F3N3O. The van der Waals surface area contributed by atoms with Gasteiger partial charge >= 0.3 is 0 Å². The van der Waals surface area contributed by atoms with Gasteiger partial charge < -0.3 is 10.6 Å². The van der Waals surface area contributed by atoms with E-state index < -0.39 is 17.5 Å². The van der Waals surface area contributed by atoms with Crippen LogP contribution in [0.3, 0.4) is 0 Å². The molecule has 0 radical (unpaired) electrons. The second kappa shape index (κ2) is 8.19. The molecule has 2 unspecified atom stereocenters. The fourth-order valence-corrected chi connectivity index (χ4v) is 3.66. The molecule has 0 aliphatic carbocycles. The number of piperidine rings is 1. The molecule has 3 rings (SSSR count). The predicted molar refractivity (Wildman–Crippen MR) is 88.4 cm³/mol. The minimum atomic E-state index is -1.17. The molecule has 1 amide bonds. The molecule has 7 heteroatoms. The van der Waals surface area contributed by atoms with Crippen molar-refractivity contribution in [1.29, 1.82) is 0 Å². The minimum Gasteiger partial charge on any atom is -0.354 e. The number of nitrogens with one attached hydrogen (secondary N) is 2. The van der Waals surface area contributed by atoms with Gasteiger partial charge in [-0.25, -0.2) is 13.2 Å². The molecule has 2 atom stereocenters. The highest BCUT2D eigenvalue weighted by atomic mass is 19.2. The van der Waals surface area contributed by atoms with Gasteiger partial charge in [-0.15, -0.1) is 0 Å². The predicted octanol–water partition coefficient (Wildman–Crippen LogP) is 2.18. The zero-order valence-electron chi connectivity index (χ0n) is 14.2. The Morgan fingerprint density at radius 3 is 2.72 bits per heavy atom. The third kappa shape index (κ3) is 4.73. The zero-order valence-corrected chi connectivity index (χ0v) is 14.2. The van der Waals surface area contributed by atoms with Gasteiger partial charge in [0.05, 0.1) is 6.04 Å². The van der Waals surface area contributed by atoms with Crippen LogP contribution < -0.4 is 10.6 Å². The van der Waals surface area contributed by atoms with Gasteiger partial charge in [0.2, 0.25) is 5.91 Å². The maximum atomic E-state index is 13.8. The number of hydrogen-bond acceptors (Lipinski definition) is 3. The van der Waals surface area contributed by atoms with Crippen LogP contribution in [0.2, 0.25) is 0 Å². The van der Waals surface area contributed by atoms with Crippen molar-refractivity contribution in [2.24, 2.45) is 5.92 Å². The number of benzene rings is 1. The van der Waals surface area contributed by atoms with E-state index in [-0.39, 0.29) is 30.0 Å². The van der Waals surface area contributed by atoms with Crippen LogP contribution >= 0.6 is 0 Å². The molecule has 0 bridgehead atoms. The van der Waals surface area contributed by atoms with E-state index in [1.54, 1.807) is 0 Å². The molecular weight excluding hydrogens is 331 g/mol. The molecule has 2 heterocycles. The van der Waals surface area contributed by atoms with Crippen LogP contribution in [-0.2, 0) is 11.3 Å². The van der Waals surface area contributed by atoms with Crippen LogP contribution in [0.5, 0.6) is 0 Å². The lowest BCUT2D eigenvalue weighted by atomic mass is 9.97. The maximum absolute atomic E-state index is 13.8. The molecule has 4 nitrogen and oxygen atoms in total. The summed E-state index contributed by atoms with van der Waals surface area (Å²) in [6, 6.07) is 1.44. The summed E-state index contributed by atoms with van der Waals surface area (Å²) in [6.07, 6.45) is 3.83. The van der Waals surface area contributed by atoms with E-state index in [1.165, 1.54) is 0 Å². The first-order chi connectivity index (χ1) is 12.0. The maximum Gasteiger partial charge on any atom is 0.237 e. The standard InChI is InChI=1S/C18H24F3N3O/c19-14-8-16(21)15(20)7-13(14)11-24-6-2-3-12(10-24)9-23-18(25)17-4-1-5-22-17/h7-8,12,17,22H,1-6,9-11H2,(H,23,25). The van der Waals surface area contributed by atoms with Gasteiger partial charge in [0.1, 0.15) is 5.82 Å². The van der Waals surface area contributed by atoms with Crippen molar-refractivity contribution in [3.63, 3.8) is 0 Å². The minimum absolute atomic E-state index is 0.0428. The summed E-state index contributed by atoms with van der Waals surface area (Å²) in [5, 5.41) is 6.17. The number of halogens is 3. The second-order valence-electron chi connectivity index (χ2n) is 7.00. The van der Waals surface area contributed by atoms with E-state index in [2.05, 4.69) is 10.6 Å². The average Bonchev–Trinajstić information content (AvgIpc) is 3.13. The van der Waals surface area contributed by atoms with Crippen LogP contribution in [-0.4, -0.2) is 43.0 Å². The van der Waals surface area contributed by atoms with E-state index in [4.69, 9.17) is 0 Å². The third-order valence-electron chi connectivity index (χ3n) is 5.03. The Bertz CT molecular complexity index is 620. The van der Waals surface area contributed by atoms with Crippen LogP contribution in [0.4, 0.5) is 13.2 Å². The Morgan fingerprint density at radius 1 is 1.16 bits per heavy atom. The molecule has 2 N–H and O–H groups in total. The van der Waals surface area contributed by atoms with Gasteiger partial charge in [-0.05, 0) is 50.8 Å². The molecule has 25 heavy (non-hydrogen) atoms. The summed E-state index contributed by atoms with van der Waals surface area (Å²) >= 11 is 0. The summed E-state index contributed by atoms with van der Waals surface area (Å²) in [4.78, 5) is 14.1. The summed E-state index contributed by atoms with van der Waals surface area (Å²) < 4.78 is 40.2. The first-order valence-electron chi connectivity index (χ1n) is 8.90. The van der Waals surface area contributed by atoms with Crippen molar-refractivity contribution in [2.75, 3.05) is 26.2 Å². The molecule has 138 valence electrons. The number of nitrogens with zero attached hydrogens (tertiary/aromatic N) is 1. The molecule has 2 fully saturated rings. The van der Waals surface area contributed by atoms with Gasteiger partial charge in [-0.1, -0.05) is 0 Å². The monoisotopic (exact) mass is 355 g/mol. The lowest BCUT2D eigenvalue weighted by molar-refractivity contribution is -0.123. The van der Waals surface area contributed by atoms with Crippen molar-refractivity contribution in [1.82, 2.24) is 15.5 Å². The van der Waals surface area contributed by atoms with E-state index in [9.17, 15) is 18.0 Å². The SMILES string of the molecule is O=C(NCC1CCCN(Cc2cc(F)c(F)cc2F)C1)C1CCCN1. The van der Waals surface area contributed by atoms with Gasteiger partial charge in [0.25, 0.3) is 0 Å². The molecule has 1 aromatic rings. The van der Waals surface area contributed by atoms with Crippen molar-refractivity contribution < 1.29 is 18.0 Å². The Balaban J connectivity index is 1.51. The van der Waals surface area contributed by atoms with Gasteiger partial charge in [-0.3, -0.25) is 9.69 Å². The normalized spacial score (nSPS) is 24.4. The average molecular weight is 355 g/mol. The first kappa shape index (κ1) is 18.2. The Morgan fingerprint density at radius 2 is 1.96 bits per heavy atom. The molecule has 2 saturated heterocycles. The number of carbonyl (C=O) groups is 1. The van der Waals surface area contributed by atoms with Crippen LogP contribution in [0.25, 0.3) is 0 Å². The number of hydrogen-bond donors (Lipinski definition) is 2. The fourth-order valence-electron chi connectivity index (χ4n) is 3.66. The Labute approximate surface area is 145 Å². The summed E-state index contributed by atoms with van der Waals surface area (Å²) in [5.74, 6) is -2.59. The summed E-state index contributed by atoms with van der Waals surface area (Å²) in [5.41, 5.74) is 0.166. The first-order valence-corrected chi connectivity index (χ1v) is 8.90.